The molecule has 2 unspecified atom stereocenters. The van der Waals surface area contributed by atoms with Crippen LogP contribution in [0.1, 0.15) is 19.8 Å². The molecule has 1 aromatic heterocycles. The fraction of sp³-hybridized carbons (Fsp3) is 0.600. The number of aromatic nitrogens is 2. The van der Waals surface area contributed by atoms with Crippen LogP contribution in [0, 0.1) is 0 Å². The van der Waals surface area contributed by atoms with Crippen molar-refractivity contribution < 1.29 is 4.74 Å². The Balaban J connectivity index is 1.98. The average Bonchev–Trinajstić information content (AvgIpc) is 2.70. The van der Waals surface area contributed by atoms with Gasteiger partial charge in [0.1, 0.15) is 5.82 Å². The Morgan fingerprint density at radius 1 is 1.73 bits per heavy atom. The molecule has 0 radical (unpaired) electrons. The fourth-order valence-corrected chi connectivity index (χ4v) is 1.77. The summed E-state index contributed by atoms with van der Waals surface area (Å²) in [6.45, 7) is 2.87. The number of rotatable bonds is 3. The standard InChI is InChI=1S/C10H15N3O2/c1-7(8-3-2-4-15-8)13-9-5-10(14)12-6-11-9/h5-8H,2-4H2,1H3,(H2,11,12,13,14). The van der Waals surface area contributed by atoms with Gasteiger partial charge in [0.05, 0.1) is 18.5 Å². The first kappa shape index (κ1) is 10.2. The summed E-state index contributed by atoms with van der Waals surface area (Å²) in [5.41, 5.74) is -0.146. The lowest BCUT2D eigenvalue weighted by Gasteiger charge is -2.20. The van der Waals surface area contributed by atoms with Crippen molar-refractivity contribution in [1.29, 1.82) is 0 Å². The molecule has 0 saturated carbocycles. The van der Waals surface area contributed by atoms with Crippen LogP contribution in [-0.4, -0.2) is 28.7 Å². The van der Waals surface area contributed by atoms with Crippen molar-refractivity contribution >= 4 is 5.82 Å². The number of anilines is 1. The predicted molar refractivity (Wildman–Crippen MR) is 56.9 cm³/mol. The van der Waals surface area contributed by atoms with Crippen molar-refractivity contribution in [3.8, 4) is 0 Å². The third-order valence-corrected chi connectivity index (χ3v) is 2.58. The quantitative estimate of drug-likeness (QED) is 0.770. The molecular weight excluding hydrogens is 194 g/mol. The van der Waals surface area contributed by atoms with Gasteiger partial charge in [-0.2, -0.15) is 0 Å². The third-order valence-electron chi connectivity index (χ3n) is 2.58. The Morgan fingerprint density at radius 3 is 3.27 bits per heavy atom. The van der Waals surface area contributed by atoms with Crippen LogP contribution < -0.4 is 10.9 Å². The molecule has 0 bridgehead atoms. The molecule has 2 rings (SSSR count). The van der Waals surface area contributed by atoms with Crippen molar-refractivity contribution in [1.82, 2.24) is 9.97 Å². The summed E-state index contributed by atoms with van der Waals surface area (Å²) in [6, 6.07) is 1.63. The number of ether oxygens (including phenoxy) is 1. The number of aromatic amines is 1. The number of hydrogen-bond donors (Lipinski definition) is 2. The van der Waals surface area contributed by atoms with Gasteiger partial charge in [-0.3, -0.25) is 4.79 Å². The van der Waals surface area contributed by atoms with E-state index in [1.807, 2.05) is 6.92 Å². The molecule has 1 aliphatic rings. The van der Waals surface area contributed by atoms with Crippen LogP contribution in [0.2, 0.25) is 0 Å². The van der Waals surface area contributed by atoms with Crippen molar-refractivity contribution in [2.45, 2.75) is 31.9 Å². The van der Waals surface area contributed by atoms with E-state index in [2.05, 4.69) is 15.3 Å². The highest BCUT2D eigenvalue weighted by Gasteiger charge is 2.22. The van der Waals surface area contributed by atoms with E-state index >= 15 is 0 Å². The lowest BCUT2D eigenvalue weighted by molar-refractivity contribution is 0.0995. The van der Waals surface area contributed by atoms with Crippen molar-refractivity contribution in [2.24, 2.45) is 0 Å². The van der Waals surface area contributed by atoms with Gasteiger partial charge in [-0.15, -0.1) is 0 Å². The van der Waals surface area contributed by atoms with Gasteiger partial charge < -0.3 is 15.0 Å². The molecule has 82 valence electrons. The van der Waals surface area contributed by atoms with E-state index in [1.54, 1.807) is 0 Å². The van der Waals surface area contributed by atoms with Crippen LogP contribution in [0.15, 0.2) is 17.2 Å². The van der Waals surface area contributed by atoms with E-state index in [1.165, 1.54) is 12.4 Å². The zero-order valence-electron chi connectivity index (χ0n) is 8.69. The molecule has 0 amide bonds. The number of nitrogens with one attached hydrogen (secondary N) is 2. The van der Waals surface area contributed by atoms with E-state index < -0.39 is 0 Å². The second-order valence-corrected chi connectivity index (χ2v) is 3.78. The van der Waals surface area contributed by atoms with Crippen LogP contribution in [0.3, 0.4) is 0 Å². The molecule has 1 saturated heterocycles. The highest BCUT2D eigenvalue weighted by molar-refractivity contribution is 5.33. The molecule has 0 spiro atoms. The molecule has 2 atom stereocenters. The highest BCUT2D eigenvalue weighted by atomic mass is 16.5. The second kappa shape index (κ2) is 4.44. The Labute approximate surface area is 87.9 Å². The van der Waals surface area contributed by atoms with E-state index in [0.29, 0.717) is 5.82 Å². The monoisotopic (exact) mass is 209 g/mol. The van der Waals surface area contributed by atoms with Gasteiger partial charge in [-0.05, 0) is 19.8 Å². The number of hydrogen-bond acceptors (Lipinski definition) is 4. The van der Waals surface area contributed by atoms with Crippen LogP contribution in [0.5, 0.6) is 0 Å². The van der Waals surface area contributed by atoms with Gasteiger partial charge in [0.15, 0.2) is 0 Å². The molecule has 1 aliphatic heterocycles. The second-order valence-electron chi connectivity index (χ2n) is 3.78. The van der Waals surface area contributed by atoms with Crippen LogP contribution in [0.4, 0.5) is 5.82 Å². The lowest BCUT2D eigenvalue weighted by atomic mass is 10.1. The molecule has 15 heavy (non-hydrogen) atoms. The van der Waals surface area contributed by atoms with Crippen LogP contribution >= 0.6 is 0 Å². The molecule has 5 nitrogen and oxygen atoms in total. The van der Waals surface area contributed by atoms with Gasteiger partial charge >= 0.3 is 0 Å². The van der Waals surface area contributed by atoms with E-state index in [9.17, 15) is 4.79 Å². The van der Waals surface area contributed by atoms with Gasteiger partial charge in [0.25, 0.3) is 5.56 Å². The summed E-state index contributed by atoms with van der Waals surface area (Å²) in [5, 5.41) is 3.17. The molecule has 0 aliphatic carbocycles. The minimum atomic E-state index is -0.146. The zero-order chi connectivity index (χ0) is 10.7. The van der Waals surface area contributed by atoms with Crippen molar-refractivity contribution in [3.05, 3.63) is 22.7 Å². The highest BCUT2D eigenvalue weighted by Crippen LogP contribution is 2.17. The molecule has 2 N–H and O–H groups in total. The van der Waals surface area contributed by atoms with Crippen LogP contribution in [-0.2, 0) is 4.74 Å². The maximum Gasteiger partial charge on any atom is 0.252 e. The van der Waals surface area contributed by atoms with Crippen molar-refractivity contribution in [2.75, 3.05) is 11.9 Å². The molecule has 0 aromatic carbocycles. The smallest absolute Gasteiger partial charge is 0.252 e. The Kier molecular flexibility index (Phi) is 3.01. The third kappa shape index (κ3) is 2.56. The SMILES string of the molecule is CC(Nc1cc(=O)[nH]cn1)C1CCCO1. The van der Waals surface area contributed by atoms with Gasteiger partial charge in [0, 0.05) is 12.7 Å². The Hall–Kier alpha value is -1.36. The maximum atomic E-state index is 11.0. The summed E-state index contributed by atoms with van der Waals surface area (Å²) in [5.74, 6) is 0.599. The van der Waals surface area contributed by atoms with Crippen LogP contribution in [0.25, 0.3) is 0 Å². The first-order valence-corrected chi connectivity index (χ1v) is 5.18. The van der Waals surface area contributed by atoms with E-state index in [4.69, 9.17) is 4.74 Å². The molecule has 1 aromatic rings. The summed E-state index contributed by atoms with van der Waals surface area (Å²) in [4.78, 5) is 17.5. The largest absolute Gasteiger partial charge is 0.376 e. The number of H-pyrrole nitrogens is 1. The minimum Gasteiger partial charge on any atom is -0.376 e. The molecule has 1 fully saturated rings. The minimum absolute atomic E-state index is 0.146. The summed E-state index contributed by atoms with van der Waals surface area (Å²) >= 11 is 0. The summed E-state index contributed by atoms with van der Waals surface area (Å²) in [6.07, 6.45) is 3.80. The topological polar surface area (TPSA) is 67.0 Å². The first-order valence-electron chi connectivity index (χ1n) is 5.18. The predicted octanol–water partition coefficient (Wildman–Crippen LogP) is 0.749. The van der Waals surface area contributed by atoms with E-state index in [0.717, 1.165) is 19.4 Å². The summed E-state index contributed by atoms with van der Waals surface area (Å²) in [7, 11) is 0. The Morgan fingerprint density at radius 2 is 2.60 bits per heavy atom. The fourth-order valence-electron chi connectivity index (χ4n) is 1.77. The molecule has 5 heteroatoms. The Bertz CT molecular complexity index is 371. The van der Waals surface area contributed by atoms with E-state index in [-0.39, 0.29) is 17.7 Å². The van der Waals surface area contributed by atoms with Gasteiger partial charge in [-0.25, -0.2) is 4.98 Å². The van der Waals surface area contributed by atoms with Gasteiger partial charge in [0.2, 0.25) is 0 Å². The normalized spacial score (nSPS) is 22.6. The lowest BCUT2D eigenvalue weighted by Crippen LogP contribution is -2.30. The molecular formula is C10H15N3O2. The average molecular weight is 209 g/mol. The van der Waals surface area contributed by atoms with Gasteiger partial charge in [-0.1, -0.05) is 0 Å². The number of nitrogens with zero attached hydrogens (tertiary/aromatic N) is 1. The first-order chi connectivity index (χ1) is 7.25. The molecule has 2 heterocycles. The zero-order valence-corrected chi connectivity index (χ0v) is 8.69. The summed E-state index contributed by atoms with van der Waals surface area (Å²) < 4.78 is 5.54. The maximum absolute atomic E-state index is 11.0. The van der Waals surface area contributed by atoms with Crippen molar-refractivity contribution in [3.63, 3.8) is 0 Å².